The molecule has 0 saturated heterocycles. The van der Waals surface area contributed by atoms with E-state index in [4.69, 9.17) is 0 Å². The van der Waals surface area contributed by atoms with Crippen molar-refractivity contribution in [2.24, 2.45) is 7.05 Å². The van der Waals surface area contributed by atoms with Gasteiger partial charge < -0.3 is 4.74 Å². The molecule has 2 rings (SSSR count). The van der Waals surface area contributed by atoms with E-state index in [2.05, 4.69) is 9.84 Å². The summed E-state index contributed by atoms with van der Waals surface area (Å²) in [5.41, 5.74) is 0.849. The van der Waals surface area contributed by atoms with E-state index in [1.165, 1.54) is 17.9 Å². The summed E-state index contributed by atoms with van der Waals surface area (Å²) in [5.74, 6) is -0.998. The van der Waals surface area contributed by atoms with Crippen LogP contribution in [0, 0.1) is 10.1 Å². The Labute approximate surface area is 108 Å². The molecule has 0 radical (unpaired) electrons. The van der Waals surface area contributed by atoms with E-state index in [0.29, 0.717) is 16.6 Å². The first kappa shape index (κ1) is 13.0. The highest BCUT2D eigenvalue weighted by molar-refractivity contribution is 5.93. The van der Waals surface area contributed by atoms with Crippen molar-refractivity contribution < 1.29 is 14.5 Å². The second kappa shape index (κ2) is 4.68. The minimum Gasteiger partial charge on any atom is -0.469 e. The van der Waals surface area contributed by atoms with Crippen molar-refractivity contribution in [1.29, 1.82) is 0 Å². The number of nitrogens with zero attached hydrogens (tertiary/aromatic N) is 3. The van der Waals surface area contributed by atoms with Gasteiger partial charge in [-0.15, -0.1) is 0 Å². The van der Waals surface area contributed by atoms with E-state index in [0.717, 1.165) is 0 Å². The quantitative estimate of drug-likeness (QED) is 0.478. The van der Waals surface area contributed by atoms with E-state index < -0.39 is 16.8 Å². The monoisotopic (exact) mass is 263 g/mol. The van der Waals surface area contributed by atoms with Gasteiger partial charge in [-0.25, -0.2) is 0 Å². The number of rotatable bonds is 3. The lowest BCUT2D eigenvalue weighted by molar-refractivity contribution is -0.383. The van der Waals surface area contributed by atoms with Crippen LogP contribution in [-0.4, -0.2) is 27.8 Å². The number of para-hydroxylation sites is 1. The van der Waals surface area contributed by atoms with Crippen LogP contribution in [0.15, 0.2) is 18.2 Å². The van der Waals surface area contributed by atoms with Gasteiger partial charge in [0.25, 0.3) is 5.69 Å². The molecule has 0 aliphatic carbocycles. The molecule has 2 aromatic rings. The van der Waals surface area contributed by atoms with Crippen molar-refractivity contribution in [3.63, 3.8) is 0 Å². The number of fused-ring (bicyclic) bond motifs is 1. The maximum absolute atomic E-state index is 11.6. The van der Waals surface area contributed by atoms with E-state index >= 15 is 0 Å². The number of non-ortho nitro benzene ring substituents is 1. The summed E-state index contributed by atoms with van der Waals surface area (Å²) < 4.78 is 6.10. The number of carbonyl (C=O) groups is 1. The average molecular weight is 263 g/mol. The SMILES string of the molecule is COC(=O)C(C)c1nn(C)c2c([N+](=O)[O-])cccc12. The summed E-state index contributed by atoms with van der Waals surface area (Å²) in [7, 11) is 2.91. The zero-order valence-electron chi connectivity index (χ0n) is 10.8. The van der Waals surface area contributed by atoms with Crippen LogP contribution in [0.4, 0.5) is 5.69 Å². The van der Waals surface area contributed by atoms with Crippen LogP contribution in [-0.2, 0) is 16.6 Å². The molecule has 7 heteroatoms. The first-order chi connectivity index (χ1) is 8.97. The fourth-order valence-electron chi connectivity index (χ4n) is 2.10. The summed E-state index contributed by atoms with van der Waals surface area (Å²) in [6.45, 7) is 1.66. The third-order valence-corrected chi connectivity index (χ3v) is 3.03. The number of hydrogen-bond acceptors (Lipinski definition) is 5. The lowest BCUT2D eigenvalue weighted by Crippen LogP contribution is -2.11. The molecule has 0 bridgehead atoms. The smallest absolute Gasteiger partial charge is 0.314 e. The van der Waals surface area contributed by atoms with Crippen molar-refractivity contribution in [3.05, 3.63) is 34.0 Å². The van der Waals surface area contributed by atoms with Crippen LogP contribution in [0.5, 0.6) is 0 Å². The molecule has 0 N–H and O–H groups in total. The highest BCUT2D eigenvalue weighted by atomic mass is 16.6. The molecule has 0 aliphatic heterocycles. The van der Waals surface area contributed by atoms with Crippen molar-refractivity contribution in [2.75, 3.05) is 7.11 Å². The van der Waals surface area contributed by atoms with E-state index in [1.807, 2.05) is 0 Å². The molecule has 0 amide bonds. The number of carbonyl (C=O) groups excluding carboxylic acids is 1. The first-order valence-electron chi connectivity index (χ1n) is 5.65. The summed E-state index contributed by atoms with van der Waals surface area (Å²) >= 11 is 0. The lowest BCUT2D eigenvalue weighted by Gasteiger charge is -2.05. The summed E-state index contributed by atoms with van der Waals surface area (Å²) in [6.07, 6.45) is 0. The highest BCUT2D eigenvalue weighted by Crippen LogP contribution is 2.31. The van der Waals surface area contributed by atoms with Gasteiger partial charge in [-0.05, 0) is 6.92 Å². The Kier molecular flexibility index (Phi) is 3.20. The van der Waals surface area contributed by atoms with Crippen molar-refractivity contribution >= 4 is 22.6 Å². The number of benzene rings is 1. The molecule has 0 fully saturated rings. The number of aromatic nitrogens is 2. The van der Waals surface area contributed by atoms with Gasteiger partial charge in [0.15, 0.2) is 0 Å². The molecule has 100 valence electrons. The van der Waals surface area contributed by atoms with Crippen LogP contribution < -0.4 is 0 Å². The summed E-state index contributed by atoms with van der Waals surface area (Å²) in [5, 5.41) is 15.8. The van der Waals surface area contributed by atoms with Gasteiger partial charge in [0.05, 0.1) is 23.6 Å². The molecule has 0 aliphatic rings. The van der Waals surface area contributed by atoms with Gasteiger partial charge in [-0.1, -0.05) is 12.1 Å². The van der Waals surface area contributed by atoms with Gasteiger partial charge in [0, 0.05) is 18.5 Å². The normalized spacial score (nSPS) is 12.4. The van der Waals surface area contributed by atoms with E-state index in [9.17, 15) is 14.9 Å². The van der Waals surface area contributed by atoms with Crippen LogP contribution >= 0.6 is 0 Å². The lowest BCUT2D eigenvalue weighted by atomic mass is 10.0. The number of hydrogen-bond donors (Lipinski definition) is 0. The van der Waals surface area contributed by atoms with Gasteiger partial charge in [0.1, 0.15) is 5.52 Å². The Morgan fingerprint density at radius 2 is 2.21 bits per heavy atom. The topological polar surface area (TPSA) is 87.3 Å². The van der Waals surface area contributed by atoms with Crippen LogP contribution in [0.2, 0.25) is 0 Å². The van der Waals surface area contributed by atoms with Crippen molar-refractivity contribution in [1.82, 2.24) is 9.78 Å². The number of methoxy groups -OCH3 is 1. The number of aryl methyl sites for hydroxylation is 1. The number of nitro benzene ring substituents is 1. The number of esters is 1. The molecule has 1 unspecified atom stereocenters. The zero-order valence-corrected chi connectivity index (χ0v) is 10.8. The minimum absolute atomic E-state index is 0.0317. The number of nitro groups is 1. The van der Waals surface area contributed by atoms with E-state index in [1.54, 1.807) is 26.1 Å². The van der Waals surface area contributed by atoms with Gasteiger partial charge in [-0.2, -0.15) is 5.10 Å². The molecular formula is C12H13N3O4. The second-order valence-corrected chi connectivity index (χ2v) is 4.18. The van der Waals surface area contributed by atoms with Gasteiger partial charge in [0.2, 0.25) is 0 Å². The molecular weight excluding hydrogens is 250 g/mol. The Bertz CT molecular complexity index is 662. The fraction of sp³-hybridized carbons (Fsp3) is 0.333. The second-order valence-electron chi connectivity index (χ2n) is 4.18. The Hall–Kier alpha value is -2.44. The number of ether oxygens (including phenoxy) is 1. The van der Waals surface area contributed by atoms with Gasteiger partial charge in [-0.3, -0.25) is 19.6 Å². The Morgan fingerprint density at radius 3 is 2.79 bits per heavy atom. The molecule has 7 nitrogen and oxygen atoms in total. The summed E-state index contributed by atoms with van der Waals surface area (Å²) in [4.78, 5) is 22.1. The van der Waals surface area contributed by atoms with Crippen molar-refractivity contribution in [2.45, 2.75) is 12.8 Å². The highest BCUT2D eigenvalue weighted by Gasteiger charge is 2.25. The van der Waals surface area contributed by atoms with Gasteiger partial charge >= 0.3 is 5.97 Å². The maximum atomic E-state index is 11.6. The van der Waals surface area contributed by atoms with Crippen LogP contribution in [0.25, 0.3) is 10.9 Å². The molecule has 1 aromatic carbocycles. The van der Waals surface area contributed by atoms with Crippen molar-refractivity contribution in [3.8, 4) is 0 Å². The predicted octanol–water partition coefficient (Wildman–Crippen LogP) is 1.76. The third kappa shape index (κ3) is 2.03. The molecule has 1 aromatic heterocycles. The molecule has 0 saturated carbocycles. The molecule has 0 spiro atoms. The Morgan fingerprint density at radius 1 is 1.53 bits per heavy atom. The Balaban J connectivity index is 2.70. The largest absolute Gasteiger partial charge is 0.469 e. The van der Waals surface area contributed by atoms with Crippen LogP contribution in [0.3, 0.4) is 0 Å². The maximum Gasteiger partial charge on any atom is 0.314 e. The molecule has 19 heavy (non-hydrogen) atoms. The predicted molar refractivity (Wildman–Crippen MR) is 67.8 cm³/mol. The fourth-order valence-corrected chi connectivity index (χ4v) is 2.10. The zero-order chi connectivity index (χ0) is 14.2. The van der Waals surface area contributed by atoms with Crippen LogP contribution in [0.1, 0.15) is 18.5 Å². The standard InChI is InChI=1S/C12H13N3O4/c1-7(12(16)19-3)10-8-5-4-6-9(15(17)18)11(8)14(2)13-10/h4-7H,1-3H3. The van der Waals surface area contributed by atoms with E-state index in [-0.39, 0.29) is 5.69 Å². The molecule has 1 atom stereocenters. The third-order valence-electron chi connectivity index (χ3n) is 3.03. The first-order valence-corrected chi connectivity index (χ1v) is 5.65. The minimum atomic E-state index is -0.573. The molecule has 1 heterocycles. The average Bonchev–Trinajstić information content (AvgIpc) is 2.74. The summed E-state index contributed by atoms with van der Waals surface area (Å²) in [6, 6.07) is 4.70.